The van der Waals surface area contributed by atoms with Gasteiger partial charge in [-0.25, -0.2) is 14.8 Å². The molecule has 0 saturated carbocycles. The van der Waals surface area contributed by atoms with Gasteiger partial charge in [-0.1, -0.05) is 78.1 Å². The number of nitrogens with zero attached hydrogens (tertiary/aromatic N) is 4. The molecule has 0 bridgehead atoms. The molecular weight excluding hydrogens is 897 g/mol. The van der Waals surface area contributed by atoms with E-state index in [1.807, 2.05) is 41.0 Å². The zero-order valence-electron chi connectivity index (χ0n) is 37.5. The number of carboxylic acid groups (broad SMARTS) is 1. The van der Waals surface area contributed by atoms with Gasteiger partial charge in [0.1, 0.15) is 5.75 Å². The van der Waals surface area contributed by atoms with Gasteiger partial charge in [0, 0.05) is 63.5 Å². The van der Waals surface area contributed by atoms with Crippen molar-refractivity contribution in [1.82, 2.24) is 19.9 Å². The number of hydrogen-bond acceptors (Lipinski definition) is 11. The van der Waals surface area contributed by atoms with E-state index < -0.39 is 5.97 Å². The molecule has 0 unspecified atom stereocenters. The summed E-state index contributed by atoms with van der Waals surface area (Å²) in [6.07, 6.45) is 21.0. The molecule has 0 amide bonds. The predicted octanol–water partition coefficient (Wildman–Crippen LogP) is 16.2. The Labute approximate surface area is 403 Å². The first-order valence-corrected chi connectivity index (χ1v) is 26.3. The number of ether oxygens (including phenoxy) is 1. The second-order valence-corrected chi connectivity index (χ2v) is 21.0. The van der Waals surface area contributed by atoms with Crippen molar-refractivity contribution in [2.75, 3.05) is 0 Å². The Morgan fingerprint density at radius 2 is 0.939 bits per heavy atom. The maximum absolute atomic E-state index is 11.9. The average molecular weight is 951 g/mol. The lowest BCUT2D eigenvalue weighted by Gasteiger charge is -2.11. The quantitative estimate of drug-likeness (QED) is 0.0470. The molecule has 8 aromatic heterocycles. The van der Waals surface area contributed by atoms with E-state index in [9.17, 15) is 14.7 Å². The van der Waals surface area contributed by atoms with E-state index in [1.54, 1.807) is 34.8 Å². The summed E-state index contributed by atoms with van der Waals surface area (Å²) >= 11 is 7.29. The molecular formula is C54H54N4O4S4. The Balaban J connectivity index is 1.11. The fourth-order valence-electron chi connectivity index (χ4n) is 7.95. The minimum absolute atomic E-state index is 0.0636. The van der Waals surface area contributed by atoms with Gasteiger partial charge >= 0.3 is 5.97 Å². The molecule has 0 aliphatic rings. The minimum Gasteiger partial charge on any atom is -0.478 e. The van der Waals surface area contributed by atoms with E-state index in [-0.39, 0.29) is 11.3 Å². The van der Waals surface area contributed by atoms with Gasteiger partial charge < -0.3 is 9.84 Å². The Kier molecular flexibility index (Phi) is 16.5. The summed E-state index contributed by atoms with van der Waals surface area (Å²) in [6, 6.07) is 32.1. The van der Waals surface area contributed by atoms with Crippen molar-refractivity contribution in [3.63, 3.8) is 0 Å². The summed E-state index contributed by atoms with van der Waals surface area (Å²) in [4.78, 5) is 53.0. The molecule has 0 spiro atoms. The van der Waals surface area contributed by atoms with Crippen LogP contribution in [0.1, 0.15) is 111 Å². The van der Waals surface area contributed by atoms with Crippen LogP contribution < -0.4 is 4.74 Å². The maximum Gasteiger partial charge on any atom is 0.335 e. The predicted molar refractivity (Wildman–Crippen MR) is 275 cm³/mol. The van der Waals surface area contributed by atoms with Crippen LogP contribution in [0.15, 0.2) is 109 Å². The van der Waals surface area contributed by atoms with Crippen molar-refractivity contribution in [3.8, 4) is 80.3 Å². The molecule has 0 saturated heterocycles. The summed E-state index contributed by atoms with van der Waals surface area (Å²) in [6.45, 7) is 4.88. The number of carboxylic acids is 1. The van der Waals surface area contributed by atoms with Crippen molar-refractivity contribution < 1.29 is 19.4 Å². The Morgan fingerprint density at radius 1 is 0.500 bits per heavy atom. The second kappa shape index (κ2) is 23.2. The lowest BCUT2D eigenvalue weighted by Crippen LogP contribution is -2.00. The number of aromatic nitrogens is 4. The SMILES string of the molecule is CCCCCCCCc1ccc(-c2ccc(-c3ccnc(-c4cc(-c5ccc(-c6ccc(CCCCCCCC)s6)s5)cc(-c5cc(OC=O)cc(-c6cc(C(=O)O)ccn6)n5)n4)c3)s2)s1. The highest BCUT2D eigenvalue weighted by Crippen LogP contribution is 2.42. The van der Waals surface area contributed by atoms with E-state index in [4.69, 9.17) is 19.7 Å². The molecule has 0 radical (unpaired) electrons. The summed E-state index contributed by atoms with van der Waals surface area (Å²) in [5.74, 6) is -0.860. The van der Waals surface area contributed by atoms with Crippen molar-refractivity contribution in [1.29, 1.82) is 0 Å². The zero-order valence-corrected chi connectivity index (χ0v) is 40.7. The van der Waals surface area contributed by atoms with Crippen LogP contribution in [0.2, 0.25) is 0 Å². The first-order valence-electron chi connectivity index (χ1n) is 23.1. The normalized spacial score (nSPS) is 11.3. The first kappa shape index (κ1) is 46.9. The number of aryl methyl sites for hydroxylation is 2. The van der Waals surface area contributed by atoms with Crippen LogP contribution in [0, 0.1) is 0 Å². The van der Waals surface area contributed by atoms with Crippen LogP contribution in [0.3, 0.4) is 0 Å². The van der Waals surface area contributed by atoms with Crippen LogP contribution in [0.5, 0.6) is 5.75 Å². The van der Waals surface area contributed by atoms with E-state index in [0.29, 0.717) is 40.6 Å². The van der Waals surface area contributed by atoms with Gasteiger partial charge in [-0.05, 0) is 122 Å². The van der Waals surface area contributed by atoms with Crippen molar-refractivity contribution >= 4 is 57.8 Å². The Morgan fingerprint density at radius 3 is 1.52 bits per heavy atom. The molecule has 1 N–H and O–H groups in total. The topological polar surface area (TPSA) is 115 Å². The third-order valence-electron chi connectivity index (χ3n) is 11.5. The summed E-state index contributed by atoms with van der Waals surface area (Å²) in [5.41, 5.74) is 5.02. The fraction of sp³-hybridized carbons (Fsp3) is 0.296. The number of carbonyl (C=O) groups is 2. The molecule has 0 aliphatic carbocycles. The van der Waals surface area contributed by atoms with Gasteiger partial charge in [-0.15, -0.1) is 45.3 Å². The van der Waals surface area contributed by atoms with Gasteiger partial charge in [0.2, 0.25) is 0 Å². The smallest absolute Gasteiger partial charge is 0.335 e. The Bertz CT molecular complexity index is 2870. The Hall–Kier alpha value is -5.66. The molecule has 8 nitrogen and oxygen atoms in total. The summed E-state index contributed by atoms with van der Waals surface area (Å²) < 4.78 is 5.37. The molecule has 8 rings (SSSR count). The van der Waals surface area contributed by atoms with Crippen molar-refractivity contribution in [2.45, 2.75) is 104 Å². The standard InChI is InChI=1S/C54H54N4O4S4/c1-3-5-7-9-11-13-15-40-17-19-50(63-40)52-23-21-48(65-52)36-25-27-55-42(29-36)44-31-38(49-22-24-53(66-49)51-20-18-41(64-51)16-14-12-10-8-6-4-2)32-45(57-44)47-34-39(62-35-59)33-46(58-47)43-30-37(54(60)61)26-28-56-43/h17-35H,3-16H2,1-2H3,(H,60,61). The van der Waals surface area contributed by atoms with Crippen molar-refractivity contribution in [2.24, 2.45) is 0 Å². The number of hydrogen-bond donors (Lipinski definition) is 1. The van der Waals surface area contributed by atoms with Crippen LogP contribution in [0.25, 0.3) is 74.6 Å². The average Bonchev–Trinajstić information content (AvgIpc) is 4.20. The second-order valence-electron chi connectivity index (χ2n) is 16.5. The maximum atomic E-state index is 11.9. The van der Waals surface area contributed by atoms with E-state index in [1.165, 1.54) is 125 Å². The molecule has 8 aromatic rings. The van der Waals surface area contributed by atoms with Crippen LogP contribution in [-0.2, 0) is 17.6 Å². The molecule has 0 aliphatic heterocycles. The number of pyridine rings is 4. The largest absolute Gasteiger partial charge is 0.478 e. The molecule has 0 fully saturated rings. The molecule has 66 heavy (non-hydrogen) atoms. The minimum atomic E-state index is -1.09. The van der Waals surface area contributed by atoms with E-state index >= 15 is 0 Å². The molecule has 338 valence electrons. The molecule has 12 heteroatoms. The lowest BCUT2D eigenvalue weighted by atomic mass is 10.1. The first-order chi connectivity index (χ1) is 32.4. The van der Waals surface area contributed by atoms with Gasteiger partial charge in [0.05, 0.1) is 39.7 Å². The van der Waals surface area contributed by atoms with Gasteiger partial charge in [0.15, 0.2) is 0 Å². The van der Waals surface area contributed by atoms with Crippen LogP contribution >= 0.6 is 45.3 Å². The monoisotopic (exact) mass is 950 g/mol. The molecule has 0 atom stereocenters. The fourth-order valence-corrected chi connectivity index (χ4v) is 12.2. The molecule has 8 heterocycles. The molecule has 0 aromatic carbocycles. The van der Waals surface area contributed by atoms with Gasteiger partial charge in [-0.3, -0.25) is 14.8 Å². The highest BCUT2D eigenvalue weighted by Gasteiger charge is 2.18. The number of thiophene rings is 4. The third kappa shape index (κ3) is 12.2. The zero-order chi connectivity index (χ0) is 45.7. The summed E-state index contributed by atoms with van der Waals surface area (Å²) in [5, 5.41) is 9.71. The number of aromatic carboxylic acids is 1. The lowest BCUT2D eigenvalue weighted by molar-refractivity contribution is -0.120. The van der Waals surface area contributed by atoms with Crippen molar-refractivity contribution in [3.05, 3.63) is 125 Å². The van der Waals surface area contributed by atoms with Gasteiger partial charge in [0.25, 0.3) is 6.47 Å². The van der Waals surface area contributed by atoms with E-state index in [2.05, 4.69) is 79.5 Å². The van der Waals surface area contributed by atoms with Crippen LogP contribution in [0.4, 0.5) is 0 Å². The summed E-state index contributed by atoms with van der Waals surface area (Å²) in [7, 11) is 0. The number of carbonyl (C=O) groups excluding carboxylic acids is 1. The highest BCUT2D eigenvalue weighted by molar-refractivity contribution is 7.24. The number of rotatable bonds is 24. The third-order valence-corrected chi connectivity index (χ3v) is 16.5. The van der Waals surface area contributed by atoms with Crippen LogP contribution in [-0.4, -0.2) is 37.5 Å². The van der Waals surface area contributed by atoms with Gasteiger partial charge in [-0.2, -0.15) is 0 Å². The highest BCUT2D eigenvalue weighted by atomic mass is 32.1. The van der Waals surface area contributed by atoms with E-state index in [0.717, 1.165) is 33.7 Å². The number of unbranched alkanes of at least 4 members (excludes halogenated alkanes) is 10.